The van der Waals surface area contributed by atoms with Crippen molar-refractivity contribution in [2.45, 2.75) is 0 Å². The number of nitriles is 1. The topological polar surface area (TPSA) is 128 Å². The van der Waals surface area contributed by atoms with E-state index in [0.717, 1.165) is 18.3 Å². The zero-order valence-electron chi connectivity index (χ0n) is 10.1. The summed E-state index contributed by atoms with van der Waals surface area (Å²) in [7, 11) is 0. The van der Waals surface area contributed by atoms with Crippen molar-refractivity contribution in [1.82, 2.24) is 20.6 Å². The van der Waals surface area contributed by atoms with Gasteiger partial charge in [-0.25, -0.2) is 9.18 Å². The molecule has 0 atom stereocenters. The Balaban J connectivity index is 2.43. The number of aromatic amines is 1. The molecule has 2 rings (SSSR count). The summed E-state index contributed by atoms with van der Waals surface area (Å²) in [4.78, 5) is 11.1. The van der Waals surface area contributed by atoms with E-state index >= 15 is 0 Å². The van der Waals surface area contributed by atoms with Crippen LogP contribution in [0.3, 0.4) is 0 Å². The molecular formula is C11H6ClFN6O2. The van der Waals surface area contributed by atoms with Crippen molar-refractivity contribution < 1.29 is 14.3 Å². The van der Waals surface area contributed by atoms with Crippen LogP contribution in [0, 0.1) is 17.1 Å². The average molecular weight is 309 g/mol. The number of H-pyrrole nitrogens is 1. The Hall–Kier alpha value is -2.99. The Morgan fingerprint density at radius 2 is 2.33 bits per heavy atom. The van der Waals surface area contributed by atoms with Gasteiger partial charge >= 0.3 is 5.97 Å². The molecule has 0 aliphatic heterocycles. The molecule has 0 saturated heterocycles. The molecule has 21 heavy (non-hydrogen) atoms. The van der Waals surface area contributed by atoms with Crippen LogP contribution in [0.25, 0.3) is 5.57 Å². The molecular weight excluding hydrogens is 303 g/mol. The van der Waals surface area contributed by atoms with E-state index in [1.165, 1.54) is 0 Å². The molecule has 0 fully saturated rings. The van der Waals surface area contributed by atoms with Crippen LogP contribution in [-0.2, 0) is 0 Å². The molecule has 1 aromatic heterocycles. The van der Waals surface area contributed by atoms with Crippen LogP contribution in [0.4, 0.5) is 10.1 Å². The molecule has 0 radical (unpaired) electrons. The first-order chi connectivity index (χ1) is 10.0. The van der Waals surface area contributed by atoms with E-state index in [1.54, 1.807) is 6.07 Å². The second-order valence-electron chi connectivity index (χ2n) is 3.63. The number of carboxylic acid groups (broad SMARTS) is 1. The minimum absolute atomic E-state index is 0.0238. The Bertz CT molecular complexity index is 753. The summed E-state index contributed by atoms with van der Waals surface area (Å²) in [5.41, 5.74) is -0.885. The Morgan fingerprint density at radius 1 is 1.57 bits per heavy atom. The van der Waals surface area contributed by atoms with Crippen molar-refractivity contribution in [2.75, 3.05) is 5.32 Å². The number of carbonyl (C=O) groups is 1. The second kappa shape index (κ2) is 5.98. The van der Waals surface area contributed by atoms with Gasteiger partial charge in [-0.15, -0.1) is 10.2 Å². The highest BCUT2D eigenvalue weighted by molar-refractivity contribution is 6.34. The van der Waals surface area contributed by atoms with Crippen LogP contribution >= 0.6 is 11.6 Å². The number of aromatic nitrogens is 4. The van der Waals surface area contributed by atoms with Crippen molar-refractivity contribution in [3.63, 3.8) is 0 Å². The third kappa shape index (κ3) is 2.96. The van der Waals surface area contributed by atoms with E-state index in [2.05, 4.69) is 25.9 Å². The number of carboxylic acids is 1. The van der Waals surface area contributed by atoms with Crippen LogP contribution in [0.15, 0.2) is 18.3 Å². The smallest absolute Gasteiger partial charge is 0.339 e. The molecule has 0 aliphatic carbocycles. The molecule has 106 valence electrons. The molecule has 0 aliphatic rings. The highest BCUT2D eigenvalue weighted by atomic mass is 35.5. The predicted molar refractivity (Wildman–Crippen MR) is 69.8 cm³/mol. The van der Waals surface area contributed by atoms with E-state index < -0.39 is 17.3 Å². The number of benzene rings is 1. The largest absolute Gasteiger partial charge is 0.478 e. The molecule has 0 amide bonds. The first-order valence-electron chi connectivity index (χ1n) is 5.36. The minimum Gasteiger partial charge on any atom is -0.478 e. The summed E-state index contributed by atoms with van der Waals surface area (Å²) in [6.45, 7) is 0. The summed E-state index contributed by atoms with van der Waals surface area (Å²) in [5, 5.41) is 32.9. The second-order valence-corrected chi connectivity index (χ2v) is 4.04. The van der Waals surface area contributed by atoms with Crippen molar-refractivity contribution in [1.29, 1.82) is 5.26 Å². The summed E-state index contributed by atoms with van der Waals surface area (Å²) in [5.74, 6) is -2.27. The van der Waals surface area contributed by atoms with Gasteiger partial charge in [0.2, 0.25) is 5.82 Å². The number of aromatic carboxylic acids is 1. The number of rotatable bonds is 4. The zero-order chi connectivity index (χ0) is 15.4. The van der Waals surface area contributed by atoms with E-state index in [0.29, 0.717) is 0 Å². The molecule has 8 nitrogen and oxygen atoms in total. The number of hydrogen-bond donors (Lipinski definition) is 3. The van der Waals surface area contributed by atoms with Crippen molar-refractivity contribution in [2.24, 2.45) is 0 Å². The fraction of sp³-hybridized carbons (Fsp3) is 0. The fourth-order valence-electron chi connectivity index (χ4n) is 1.47. The van der Waals surface area contributed by atoms with Crippen LogP contribution in [0.2, 0.25) is 5.02 Å². The van der Waals surface area contributed by atoms with E-state index in [1.807, 2.05) is 0 Å². The number of nitrogens with one attached hydrogen (secondary N) is 2. The zero-order valence-corrected chi connectivity index (χ0v) is 10.9. The highest BCUT2D eigenvalue weighted by Gasteiger charge is 2.18. The molecule has 0 bridgehead atoms. The number of hydrogen-bond acceptors (Lipinski definition) is 6. The molecule has 1 heterocycles. The SMILES string of the molecule is N#CC(=CNc1c(F)ccc(Cl)c1C(=O)O)c1nn[nH]n1. The van der Waals surface area contributed by atoms with Crippen LogP contribution in [-0.4, -0.2) is 31.7 Å². The Labute approximate surface area is 121 Å². The number of anilines is 1. The maximum atomic E-state index is 13.7. The molecule has 0 unspecified atom stereocenters. The lowest BCUT2D eigenvalue weighted by Gasteiger charge is -2.09. The van der Waals surface area contributed by atoms with E-state index in [-0.39, 0.29) is 22.1 Å². The molecule has 0 saturated carbocycles. The summed E-state index contributed by atoms with van der Waals surface area (Å²) in [6.07, 6.45) is 1.06. The summed E-state index contributed by atoms with van der Waals surface area (Å²) >= 11 is 5.73. The molecule has 2 aromatic rings. The van der Waals surface area contributed by atoms with Crippen LogP contribution < -0.4 is 5.32 Å². The van der Waals surface area contributed by atoms with Gasteiger partial charge in [0, 0.05) is 6.20 Å². The van der Waals surface area contributed by atoms with Gasteiger partial charge < -0.3 is 10.4 Å². The van der Waals surface area contributed by atoms with Crippen LogP contribution in [0.1, 0.15) is 16.2 Å². The fourth-order valence-corrected chi connectivity index (χ4v) is 1.71. The third-order valence-corrected chi connectivity index (χ3v) is 2.70. The van der Waals surface area contributed by atoms with Gasteiger partial charge in [-0.3, -0.25) is 0 Å². The number of nitrogens with zero attached hydrogens (tertiary/aromatic N) is 4. The average Bonchev–Trinajstić information content (AvgIpc) is 2.96. The van der Waals surface area contributed by atoms with Gasteiger partial charge in [0.15, 0.2) is 0 Å². The lowest BCUT2D eigenvalue weighted by Crippen LogP contribution is -2.06. The molecule has 10 heteroatoms. The number of allylic oxidation sites excluding steroid dienone is 1. The van der Waals surface area contributed by atoms with Gasteiger partial charge in [-0.1, -0.05) is 11.6 Å². The molecule has 0 spiro atoms. The quantitative estimate of drug-likeness (QED) is 0.733. The van der Waals surface area contributed by atoms with Crippen molar-refractivity contribution in [3.05, 3.63) is 40.6 Å². The van der Waals surface area contributed by atoms with Crippen molar-refractivity contribution >= 4 is 28.8 Å². The van der Waals surface area contributed by atoms with Gasteiger partial charge in [0.25, 0.3) is 0 Å². The van der Waals surface area contributed by atoms with E-state index in [9.17, 15) is 9.18 Å². The predicted octanol–water partition coefficient (Wildman–Crippen LogP) is 1.67. The standard InChI is InChI=1S/C11H6ClFN6O2/c12-6-1-2-7(13)9(8(6)11(20)21)15-4-5(3-14)10-16-18-19-17-10/h1-2,4,15H,(H,20,21)(H,16,17,18,19). The van der Waals surface area contributed by atoms with Gasteiger partial charge in [0.05, 0.1) is 10.7 Å². The first kappa shape index (κ1) is 14.4. The monoisotopic (exact) mass is 308 g/mol. The lowest BCUT2D eigenvalue weighted by atomic mass is 10.1. The number of tetrazole rings is 1. The van der Waals surface area contributed by atoms with Crippen molar-refractivity contribution in [3.8, 4) is 6.07 Å². The maximum absolute atomic E-state index is 13.7. The van der Waals surface area contributed by atoms with Crippen LogP contribution in [0.5, 0.6) is 0 Å². The summed E-state index contributed by atoms with van der Waals surface area (Å²) < 4.78 is 13.7. The van der Waals surface area contributed by atoms with E-state index in [4.69, 9.17) is 22.0 Å². The van der Waals surface area contributed by atoms with Gasteiger partial charge in [-0.05, 0) is 17.3 Å². The Morgan fingerprint density at radius 3 is 2.90 bits per heavy atom. The van der Waals surface area contributed by atoms with Gasteiger partial charge in [0.1, 0.15) is 23.0 Å². The Kier molecular flexibility index (Phi) is 4.10. The van der Waals surface area contributed by atoms with Gasteiger partial charge in [-0.2, -0.15) is 10.5 Å². The lowest BCUT2D eigenvalue weighted by molar-refractivity contribution is 0.0697. The number of halogens is 2. The first-order valence-corrected chi connectivity index (χ1v) is 5.74. The third-order valence-electron chi connectivity index (χ3n) is 2.39. The highest BCUT2D eigenvalue weighted by Crippen LogP contribution is 2.28. The molecule has 1 aromatic carbocycles. The maximum Gasteiger partial charge on any atom is 0.339 e. The minimum atomic E-state index is -1.41. The molecule has 3 N–H and O–H groups in total. The summed E-state index contributed by atoms with van der Waals surface area (Å²) in [6, 6.07) is 3.90. The normalized spacial score (nSPS) is 11.0.